The first kappa shape index (κ1) is 15.7. The number of hydrogen-bond acceptors (Lipinski definition) is 8. The van der Waals surface area contributed by atoms with Gasteiger partial charge in [0.2, 0.25) is 11.8 Å². The lowest BCUT2D eigenvalue weighted by Crippen LogP contribution is -2.03. The van der Waals surface area contributed by atoms with Crippen molar-refractivity contribution in [3.63, 3.8) is 0 Å². The van der Waals surface area contributed by atoms with Crippen LogP contribution in [0.2, 0.25) is 0 Å². The molecular formula is C17H16N8O2. The Balaban J connectivity index is 1.56. The van der Waals surface area contributed by atoms with Gasteiger partial charge >= 0.3 is 0 Å². The summed E-state index contributed by atoms with van der Waals surface area (Å²) in [5.74, 6) is 2.32. The highest BCUT2D eigenvalue weighted by atomic mass is 16.5. The number of aliphatic hydroxyl groups excluding tert-OH is 1. The lowest BCUT2D eigenvalue weighted by molar-refractivity contribution is 0.142. The Morgan fingerprint density at radius 1 is 1.22 bits per heavy atom. The zero-order valence-electron chi connectivity index (χ0n) is 14.4. The van der Waals surface area contributed by atoms with Crippen LogP contribution in [-0.2, 0) is 7.05 Å². The van der Waals surface area contributed by atoms with Crippen molar-refractivity contribution in [2.45, 2.75) is 12.5 Å². The summed E-state index contributed by atoms with van der Waals surface area (Å²) < 4.78 is 9.23. The van der Waals surface area contributed by atoms with Gasteiger partial charge in [-0.1, -0.05) is 0 Å². The Kier molecular flexibility index (Phi) is 3.50. The topological polar surface area (TPSA) is 115 Å². The first-order chi connectivity index (χ1) is 13.2. The Bertz CT molecular complexity index is 1140. The largest absolute Gasteiger partial charge is 0.478 e. The molecule has 136 valence electrons. The Morgan fingerprint density at radius 3 is 3.00 bits per heavy atom. The van der Waals surface area contributed by atoms with Crippen LogP contribution in [-0.4, -0.2) is 46.1 Å². The number of anilines is 2. The summed E-state index contributed by atoms with van der Waals surface area (Å²) in [6.45, 7) is 0.403. The quantitative estimate of drug-likeness (QED) is 0.562. The fraction of sp³-hybridized carbons (Fsp3) is 0.235. The monoisotopic (exact) mass is 364 g/mol. The second kappa shape index (κ2) is 6.02. The van der Waals surface area contributed by atoms with Crippen LogP contribution >= 0.6 is 0 Å². The van der Waals surface area contributed by atoms with E-state index in [1.54, 1.807) is 21.5 Å². The Hall–Kier alpha value is -3.53. The summed E-state index contributed by atoms with van der Waals surface area (Å²) in [4.78, 5) is 8.84. The zero-order chi connectivity index (χ0) is 18.4. The Labute approximate surface area is 153 Å². The van der Waals surface area contributed by atoms with Gasteiger partial charge in [-0.3, -0.25) is 4.68 Å². The summed E-state index contributed by atoms with van der Waals surface area (Å²) >= 11 is 0. The molecule has 0 spiro atoms. The minimum absolute atomic E-state index is 0.403. The number of aliphatic hydroxyl groups is 1. The van der Waals surface area contributed by atoms with Crippen LogP contribution in [0.3, 0.4) is 0 Å². The summed E-state index contributed by atoms with van der Waals surface area (Å²) in [6, 6.07) is 7.38. The molecule has 1 unspecified atom stereocenters. The van der Waals surface area contributed by atoms with Crippen LogP contribution in [0.15, 0.2) is 36.7 Å². The van der Waals surface area contributed by atoms with Gasteiger partial charge in [-0.15, -0.1) is 10.2 Å². The predicted octanol–water partition coefficient (Wildman–Crippen LogP) is 1.48. The van der Waals surface area contributed by atoms with Gasteiger partial charge in [0.1, 0.15) is 11.9 Å². The van der Waals surface area contributed by atoms with E-state index in [0.29, 0.717) is 42.0 Å². The van der Waals surface area contributed by atoms with Gasteiger partial charge in [0.25, 0.3) is 0 Å². The number of rotatable bonds is 3. The molecule has 4 aromatic heterocycles. The van der Waals surface area contributed by atoms with Gasteiger partial charge in [0.15, 0.2) is 11.5 Å². The molecule has 10 heteroatoms. The van der Waals surface area contributed by atoms with E-state index in [1.807, 2.05) is 31.3 Å². The molecule has 0 fully saturated rings. The maximum absolute atomic E-state index is 10.2. The fourth-order valence-corrected chi connectivity index (χ4v) is 3.07. The summed E-state index contributed by atoms with van der Waals surface area (Å²) in [5, 5.41) is 25.7. The highest BCUT2D eigenvalue weighted by Gasteiger charge is 2.23. The molecular weight excluding hydrogens is 348 g/mol. The zero-order valence-corrected chi connectivity index (χ0v) is 14.4. The van der Waals surface area contributed by atoms with Crippen molar-refractivity contribution >= 4 is 17.4 Å². The summed E-state index contributed by atoms with van der Waals surface area (Å²) in [5.41, 5.74) is 2.13. The molecule has 4 aromatic rings. The molecule has 0 bridgehead atoms. The number of aryl methyl sites for hydroxylation is 1. The summed E-state index contributed by atoms with van der Waals surface area (Å²) in [7, 11) is 1.84. The van der Waals surface area contributed by atoms with E-state index in [2.05, 4.69) is 30.6 Å². The minimum Gasteiger partial charge on any atom is -0.478 e. The molecule has 1 aliphatic heterocycles. The molecule has 5 heterocycles. The minimum atomic E-state index is -0.694. The highest BCUT2D eigenvalue weighted by Crippen LogP contribution is 2.30. The van der Waals surface area contributed by atoms with Crippen molar-refractivity contribution in [3.8, 4) is 17.1 Å². The smallest absolute Gasteiger partial charge is 0.228 e. The third kappa shape index (κ3) is 2.66. The molecule has 0 amide bonds. The van der Waals surface area contributed by atoms with Crippen LogP contribution in [0, 0.1) is 0 Å². The van der Waals surface area contributed by atoms with Crippen molar-refractivity contribution in [2.24, 2.45) is 7.05 Å². The normalized spacial score (nSPS) is 16.1. The Morgan fingerprint density at radius 2 is 2.15 bits per heavy atom. The van der Waals surface area contributed by atoms with Gasteiger partial charge < -0.3 is 15.2 Å². The standard InChI is InChI=1S/C17H16N8O2/c1-24-13(3-6-19-24)21-17-18-5-2-11(20-17)10-8-14-22-23-16-12(26)4-7-27-15(9-10)25(14)16/h2-3,5-6,8-9,12,26H,4,7H2,1H3,(H,18,20,21). The van der Waals surface area contributed by atoms with E-state index in [0.717, 1.165) is 11.4 Å². The number of pyridine rings is 1. The van der Waals surface area contributed by atoms with Gasteiger partial charge in [-0.2, -0.15) is 5.10 Å². The number of ether oxygens (including phenoxy) is 1. The molecule has 10 nitrogen and oxygen atoms in total. The second-order valence-electron chi connectivity index (χ2n) is 6.22. The van der Waals surface area contributed by atoms with E-state index in [-0.39, 0.29) is 0 Å². The van der Waals surface area contributed by atoms with E-state index in [9.17, 15) is 5.11 Å². The van der Waals surface area contributed by atoms with Crippen LogP contribution < -0.4 is 10.1 Å². The number of nitrogens with zero attached hydrogens (tertiary/aromatic N) is 7. The third-order valence-corrected chi connectivity index (χ3v) is 4.45. The fourth-order valence-electron chi connectivity index (χ4n) is 3.07. The number of aromatic nitrogens is 7. The molecule has 1 atom stereocenters. The van der Waals surface area contributed by atoms with Crippen molar-refractivity contribution in [1.29, 1.82) is 0 Å². The predicted molar refractivity (Wildman–Crippen MR) is 95.6 cm³/mol. The molecule has 0 radical (unpaired) electrons. The lowest BCUT2D eigenvalue weighted by Gasteiger charge is -2.10. The molecule has 0 saturated carbocycles. The van der Waals surface area contributed by atoms with Crippen LogP contribution in [0.1, 0.15) is 18.3 Å². The van der Waals surface area contributed by atoms with Crippen molar-refractivity contribution in [3.05, 3.63) is 42.5 Å². The summed E-state index contributed by atoms with van der Waals surface area (Å²) in [6.07, 6.45) is 3.16. The molecule has 1 aliphatic rings. The average molecular weight is 364 g/mol. The lowest BCUT2D eigenvalue weighted by atomic mass is 10.2. The molecule has 0 aliphatic carbocycles. The molecule has 5 rings (SSSR count). The van der Waals surface area contributed by atoms with Crippen LogP contribution in [0.25, 0.3) is 16.9 Å². The second-order valence-corrected chi connectivity index (χ2v) is 6.22. The highest BCUT2D eigenvalue weighted by molar-refractivity contribution is 5.67. The first-order valence-electron chi connectivity index (χ1n) is 8.47. The molecule has 0 aromatic carbocycles. The molecule has 2 N–H and O–H groups in total. The molecule has 27 heavy (non-hydrogen) atoms. The van der Waals surface area contributed by atoms with Crippen LogP contribution in [0.5, 0.6) is 5.88 Å². The first-order valence-corrected chi connectivity index (χ1v) is 8.47. The molecule has 0 saturated heterocycles. The van der Waals surface area contributed by atoms with E-state index in [1.165, 1.54) is 0 Å². The van der Waals surface area contributed by atoms with Crippen molar-refractivity contribution in [1.82, 2.24) is 34.3 Å². The van der Waals surface area contributed by atoms with Gasteiger partial charge in [0.05, 0.1) is 18.5 Å². The number of hydrogen-bond donors (Lipinski definition) is 2. The van der Waals surface area contributed by atoms with Crippen molar-refractivity contribution in [2.75, 3.05) is 11.9 Å². The van der Waals surface area contributed by atoms with Gasteiger partial charge in [0, 0.05) is 37.4 Å². The maximum atomic E-state index is 10.2. The number of nitrogens with one attached hydrogen (secondary N) is 1. The SMILES string of the molecule is Cn1nccc1Nc1nccc(-c2cc3n4c(nnc4c2)C(O)CCO3)n1. The van der Waals surface area contributed by atoms with E-state index < -0.39 is 6.10 Å². The van der Waals surface area contributed by atoms with E-state index in [4.69, 9.17) is 4.74 Å². The average Bonchev–Trinajstić information content (AvgIpc) is 3.24. The van der Waals surface area contributed by atoms with Crippen molar-refractivity contribution < 1.29 is 9.84 Å². The van der Waals surface area contributed by atoms with Gasteiger partial charge in [-0.25, -0.2) is 14.4 Å². The van der Waals surface area contributed by atoms with Crippen LogP contribution in [0.4, 0.5) is 11.8 Å². The third-order valence-electron chi connectivity index (χ3n) is 4.45. The maximum Gasteiger partial charge on any atom is 0.228 e. The van der Waals surface area contributed by atoms with Gasteiger partial charge in [-0.05, 0) is 12.1 Å². The van der Waals surface area contributed by atoms with E-state index >= 15 is 0 Å².